The molecule has 0 radical (unpaired) electrons. The van der Waals surface area contributed by atoms with Gasteiger partial charge < -0.3 is 24.0 Å². The molecule has 0 N–H and O–H groups in total. The van der Waals surface area contributed by atoms with Gasteiger partial charge in [0, 0.05) is 38.3 Å². The van der Waals surface area contributed by atoms with Crippen LogP contribution in [0.4, 0.5) is 4.79 Å². The summed E-state index contributed by atoms with van der Waals surface area (Å²) >= 11 is 0. The molecule has 2 saturated heterocycles. The highest BCUT2D eigenvalue weighted by Gasteiger charge is 2.34. The highest BCUT2D eigenvalue weighted by atomic mass is 16.6. The van der Waals surface area contributed by atoms with Gasteiger partial charge in [0.2, 0.25) is 5.91 Å². The van der Waals surface area contributed by atoms with Crippen LogP contribution in [0.2, 0.25) is 0 Å². The van der Waals surface area contributed by atoms with E-state index in [1.807, 2.05) is 43.9 Å². The van der Waals surface area contributed by atoms with Gasteiger partial charge in [0.25, 0.3) is 0 Å². The van der Waals surface area contributed by atoms with E-state index in [0.29, 0.717) is 32.7 Å². The molecule has 1 atom stereocenters. The van der Waals surface area contributed by atoms with E-state index in [-0.39, 0.29) is 18.0 Å². The molecule has 1 unspecified atom stereocenters. The summed E-state index contributed by atoms with van der Waals surface area (Å²) in [4.78, 5) is 31.2. The van der Waals surface area contributed by atoms with Crippen LogP contribution in [0.15, 0.2) is 18.2 Å². The summed E-state index contributed by atoms with van der Waals surface area (Å²) in [5.41, 5.74) is 0.485. The van der Waals surface area contributed by atoms with Gasteiger partial charge in [-0.3, -0.25) is 9.69 Å². The summed E-state index contributed by atoms with van der Waals surface area (Å²) in [6, 6.07) is 5.72. The molecule has 3 rings (SSSR count). The molecule has 1 aromatic rings. The maximum atomic E-state index is 13.2. The average molecular weight is 434 g/mol. The third-order valence-electron chi connectivity index (χ3n) is 5.75. The van der Waals surface area contributed by atoms with Crippen LogP contribution in [0, 0.1) is 0 Å². The van der Waals surface area contributed by atoms with E-state index < -0.39 is 5.60 Å². The lowest BCUT2D eigenvalue weighted by molar-refractivity contribution is -0.133. The summed E-state index contributed by atoms with van der Waals surface area (Å²) in [6.45, 7) is 9.13. The van der Waals surface area contributed by atoms with Gasteiger partial charge >= 0.3 is 6.09 Å². The standard InChI is InChI=1S/C23H35N3O5/c1-23(2,3)31-22(28)25-13-11-24(12-14-25)16-21(27)26-10-6-7-19(26)18-15-17(29-4)8-9-20(18)30-5/h8-9,15,19H,6-7,10-14,16H2,1-5H3. The van der Waals surface area contributed by atoms with Crippen LogP contribution in [0.3, 0.4) is 0 Å². The third kappa shape index (κ3) is 5.81. The van der Waals surface area contributed by atoms with Gasteiger partial charge in [-0.2, -0.15) is 0 Å². The Labute approximate surface area is 185 Å². The van der Waals surface area contributed by atoms with E-state index in [0.717, 1.165) is 36.4 Å². The van der Waals surface area contributed by atoms with E-state index >= 15 is 0 Å². The van der Waals surface area contributed by atoms with Crippen molar-refractivity contribution in [3.05, 3.63) is 23.8 Å². The van der Waals surface area contributed by atoms with Crippen molar-refractivity contribution < 1.29 is 23.8 Å². The third-order valence-corrected chi connectivity index (χ3v) is 5.75. The second kappa shape index (κ2) is 9.77. The maximum Gasteiger partial charge on any atom is 0.410 e. The number of hydrogen-bond acceptors (Lipinski definition) is 6. The molecular formula is C23H35N3O5. The van der Waals surface area contributed by atoms with Gasteiger partial charge in [0.05, 0.1) is 26.8 Å². The molecule has 2 aliphatic rings. The molecule has 8 nitrogen and oxygen atoms in total. The lowest BCUT2D eigenvalue weighted by Gasteiger charge is -2.36. The largest absolute Gasteiger partial charge is 0.497 e. The number of likely N-dealkylation sites (tertiary alicyclic amines) is 1. The predicted molar refractivity (Wildman–Crippen MR) is 117 cm³/mol. The second-order valence-corrected chi connectivity index (χ2v) is 9.10. The molecule has 2 aliphatic heterocycles. The highest BCUT2D eigenvalue weighted by molar-refractivity contribution is 5.79. The lowest BCUT2D eigenvalue weighted by Crippen LogP contribution is -2.52. The molecule has 0 aromatic heterocycles. The minimum Gasteiger partial charge on any atom is -0.497 e. The van der Waals surface area contributed by atoms with Crippen molar-refractivity contribution in [1.82, 2.24) is 14.7 Å². The smallest absolute Gasteiger partial charge is 0.410 e. The summed E-state index contributed by atoms with van der Waals surface area (Å²) in [5, 5.41) is 0. The fourth-order valence-electron chi connectivity index (χ4n) is 4.19. The monoisotopic (exact) mass is 433 g/mol. The van der Waals surface area contributed by atoms with Crippen LogP contribution in [-0.2, 0) is 9.53 Å². The van der Waals surface area contributed by atoms with Gasteiger partial charge in [0.1, 0.15) is 17.1 Å². The van der Waals surface area contributed by atoms with Crippen LogP contribution in [0.1, 0.15) is 45.2 Å². The zero-order chi connectivity index (χ0) is 22.6. The number of methoxy groups -OCH3 is 2. The molecule has 2 fully saturated rings. The van der Waals surface area contributed by atoms with Gasteiger partial charge in [0.15, 0.2) is 0 Å². The minimum absolute atomic E-state index is 0.0133. The summed E-state index contributed by atoms with van der Waals surface area (Å²) in [6.07, 6.45) is 1.58. The number of hydrogen-bond donors (Lipinski definition) is 0. The fraction of sp³-hybridized carbons (Fsp3) is 0.652. The van der Waals surface area contributed by atoms with Gasteiger partial charge in [-0.25, -0.2) is 4.79 Å². The van der Waals surface area contributed by atoms with E-state index in [1.54, 1.807) is 19.1 Å². The molecule has 0 spiro atoms. The van der Waals surface area contributed by atoms with Crippen molar-refractivity contribution in [1.29, 1.82) is 0 Å². The zero-order valence-electron chi connectivity index (χ0n) is 19.3. The van der Waals surface area contributed by atoms with Gasteiger partial charge in [-0.15, -0.1) is 0 Å². The summed E-state index contributed by atoms with van der Waals surface area (Å²) in [7, 11) is 3.29. The van der Waals surface area contributed by atoms with E-state index in [1.165, 1.54) is 0 Å². The van der Waals surface area contributed by atoms with Crippen LogP contribution in [-0.4, -0.2) is 85.8 Å². The second-order valence-electron chi connectivity index (χ2n) is 9.10. The number of amides is 2. The molecule has 0 saturated carbocycles. The van der Waals surface area contributed by atoms with Crippen molar-refractivity contribution in [2.45, 2.75) is 45.3 Å². The molecule has 2 amide bonds. The lowest BCUT2D eigenvalue weighted by atomic mass is 10.0. The number of rotatable bonds is 5. The maximum absolute atomic E-state index is 13.2. The Morgan fingerprint density at radius 1 is 1.03 bits per heavy atom. The first-order valence-corrected chi connectivity index (χ1v) is 10.9. The first-order valence-electron chi connectivity index (χ1n) is 10.9. The minimum atomic E-state index is -0.504. The Hall–Kier alpha value is -2.48. The van der Waals surface area contributed by atoms with E-state index in [4.69, 9.17) is 14.2 Å². The Bertz CT molecular complexity index is 784. The molecule has 8 heteroatoms. The zero-order valence-corrected chi connectivity index (χ0v) is 19.3. The van der Waals surface area contributed by atoms with Gasteiger partial charge in [-0.1, -0.05) is 0 Å². The molecule has 31 heavy (non-hydrogen) atoms. The molecular weight excluding hydrogens is 398 g/mol. The Morgan fingerprint density at radius 3 is 2.35 bits per heavy atom. The molecule has 172 valence electrons. The number of carbonyl (C=O) groups is 2. The molecule has 0 bridgehead atoms. The van der Waals surface area contributed by atoms with Crippen LogP contribution < -0.4 is 9.47 Å². The van der Waals surface area contributed by atoms with Crippen LogP contribution in [0.5, 0.6) is 11.5 Å². The predicted octanol–water partition coefficient (Wildman–Crippen LogP) is 2.92. The van der Waals surface area contributed by atoms with Crippen LogP contribution >= 0.6 is 0 Å². The summed E-state index contributed by atoms with van der Waals surface area (Å²) in [5.74, 6) is 1.64. The number of carbonyl (C=O) groups excluding carboxylic acids is 2. The average Bonchev–Trinajstić information content (AvgIpc) is 3.22. The van der Waals surface area contributed by atoms with Crippen molar-refractivity contribution in [3.8, 4) is 11.5 Å². The first kappa shape index (κ1) is 23.2. The Kier molecular flexibility index (Phi) is 7.30. The van der Waals surface area contributed by atoms with E-state index in [2.05, 4.69) is 4.90 Å². The normalized spacial score (nSPS) is 20.0. The van der Waals surface area contributed by atoms with E-state index in [9.17, 15) is 9.59 Å². The Morgan fingerprint density at radius 2 is 1.74 bits per heavy atom. The number of ether oxygens (including phenoxy) is 3. The molecule has 2 heterocycles. The first-order chi connectivity index (χ1) is 14.7. The van der Waals surface area contributed by atoms with Crippen molar-refractivity contribution in [3.63, 3.8) is 0 Å². The Balaban J connectivity index is 1.59. The molecule has 0 aliphatic carbocycles. The highest BCUT2D eigenvalue weighted by Crippen LogP contribution is 2.39. The summed E-state index contributed by atoms with van der Waals surface area (Å²) < 4.78 is 16.4. The quantitative estimate of drug-likeness (QED) is 0.711. The number of piperazine rings is 1. The number of nitrogens with zero attached hydrogens (tertiary/aromatic N) is 3. The van der Waals surface area contributed by atoms with Crippen molar-refractivity contribution in [2.75, 3.05) is 53.5 Å². The fourth-order valence-corrected chi connectivity index (χ4v) is 4.19. The van der Waals surface area contributed by atoms with Gasteiger partial charge in [-0.05, 0) is 51.8 Å². The topological polar surface area (TPSA) is 71.6 Å². The number of benzene rings is 1. The molecule has 1 aromatic carbocycles. The SMILES string of the molecule is COc1ccc(OC)c(C2CCCN2C(=O)CN2CCN(C(=O)OC(C)(C)C)CC2)c1. The van der Waals surface area contributed by atoms with Crippen molar-refractivity contribution >= 4 is 12.0 Å². The van der Waals surface area contributed by atoms with Crippen LogP contribution in [0.25, 0.3) is 0 Å². The van der Waals surface area contributed by atoms with Crippen molar-refractivity contribution in [2.24, 2.45) is 0 Å².